The Morgan fingerprint density at radius 1 is 1.53 bits per heavy atom. The zero-order valence-corrected chi connectivity index (χ0v) is 9.39. The predicted molar refractivity (Wildman–Crippen MR) is 58.4 cm³/mol. The SMILES string of the molecule is CCCC1C(N)c2cccc(F)c2S1=O. The summed E-state index contributed by atoms with van der Waals surface area (Å²) in [5.41, 5.74) is 6.69. The molecule has 0 saturated carbocycles. The van der Waals surface area contributed by atoms with Crippen LogP contribution in [0, 0.1) is 5.82 Å². The van der Waals surface area contributed by atoms with Crippen LogP contribution >= 0.6 is 0 Å². The molecule has 3 unspecified atom stereocenters. The summed E-state index contributed by atoms with van der Waals surface area (Å²) in [6.45, 7) is 2.02. The van der Waals surface area contributed by atoms with Crippen LogP contribution in [0.5, 0.6) is 0 Å². The van der Waals surface area contributed by atoms with Gasteiger partial charge in [-0.05, 0) is 18.1 Å². The number of fused-ring (bicyclic) bond motifs is 1. The Bertz CT molecular complexity index is 408. The minimum atomic E-state index is -1.28. The average Bonchev–Trinajstić information content (AvgIpc) is 2.45. The molecule has 0 bridgehead atoms. The van der Waals surface area contributed by atoms with E-state index in [9.17, 15) is 8.60 Å². The van der Waals surface area contributed by atoms with E-state index in [-0.39, 0.29) is 17.1 Å². The molecule has 0 saturated heterocycles. The van der Waals surface area contributed by atoms with Crippen LogP contribution in [-0.4, -0.2) is 9.46 Å². The van der Waals surface area contributed by atoms with Crippen LogP contribution in [0.4, 0.5) is 4.39 Å². The van der Waals surface area contributed by atoms with E-state index in [4.69, 9.17) is 5.73 Å². The fourth-order valence-corrected chi connectivity index (χ4v) is 3.92. The van der Waals surface area contributed by atoms with Crippen LogP contribution < -0.4 is 5.73 Å². The first kappa shape index (κ1) is 10.8. The van der Waals surface area contributed by atoms with Crippen LogP contribution in [-0.2, 0) is 10.8 Å². The van der Waals surface area contributed by atoms with Gasteiger partial charge in [-0.3, -0.25) is 4.21 Å². The Morgan fingerprint density at radius 2 is 2.27 bits per heavy atom. The Morgan fingerprint density at radius 3 is 2.87 bits per heavy atom. The molecule has 1 aromatic rings. The van der Waals surface area contributed by atoms with Crippen molar-refractivity contribution >= 4 is 10.8 Å². The van der Waals surface area contributed by atoms with Crippen molar-refractivity contribution in [3.05, 3.63) is 29.6 Å². The van der Waals surface area contributed by atoms with Crippen molar-refractivity contribution in [2.45, 2.75) is 36.0 Å². The zero-order valence-electron chi connectivity index (χ0n) is 8.57. The monoisotopic (exact) mass is 227 g/mol. The second-order valence-corrected chi connectivity index (χ2v) is 5.42. The van der Waals surface area contributed by atoms with Crippen molar-refractivity contribution in [3.63, 3.8) is 0 Å². The topological polar surface area (TPSA) is 43.1 Å². The molecule has 2 nitrogen and oxygen atoms in total. The molecular formula is C11H14FNOS. The summed E-state index contributed by atoms with van der Waals surface area (Å²) in [6.07, 6.45) is 1.70. The van der Waals surface area contributed by atoms with E-state index in [0.717, 1.165) is 12.8 Å². The molecule has 0 fully saturated rings. The third-order valence-corrected chi connectivity index (χ3v) is 4.72. The summed E-state index contributed by atoms with van der Waals surface area (Å²) in [5.74, 6) is -0.389. The molecule has 1 aliphatic rings. The molecular weight excluding hydrogens is 213 g/mol. The van der Waals surface area contributed by atoms with Gasteiger partial charge in [0, 0.05) is 6.04 Å². The zero-order chi connectivity index (χ0) is 11.0. The van der Waals surface area contributed by atoms with Gasteiger partial charge in [0.15, 0.2) is 0 Å². The summed E-state index contributed by atoms with van der Waals surface area (Å²) in [6, 6.07) is 4.46. The van der Waals surface area contributed by atoms with Gasteiger partial charge in [0.2, 0.25) is 0 Å². The van der Waals surface area contributed by atoms with E-state index in [0.29, 0.717) is 10.5 Å². The smallest absolute Gasteiger partial charge is 0.139 e. The Hall–Kier alpha value is -0.740. The summed E-state index contributed by atoms with van der Waals surface area (Å²) >= 11 is 0. The summed E-state index contributed by atoms with van der Waals surface area (Å²) in [4.78, 5) is 0.323. The number of nitrogens with two attached hydrogens (primary N) is 1. The highest BCUT2D eigenvalue weighted by Crippen LogP contribution is 2.38. The van der Waals surface area contributed by atoms with Gasteiger partial charge in [0.05, 0.1) is 20.9 Å². The lowest BCUT2D eigenvalue weighted by atomic mass is 10.0. The molecule has 0 radical (unpaired) electrons. The van der Waals surface area contributed by atoms with Gasteiger partial charge in [-0.15, -0.1) is 0 Å². The highest BCUT2D eigenvalue weighted by Gasteiger charge is 2.37. The lowest BCUT2D eigenvalue weighted by Crippen LogP contribution is -2.23. The molecule has 82 valence electrons. The Kier molecular flexibility index (Phi) is 2.89. The van der Waals surface area contributed by atoms with E-state index in [1.807, 2.05) is 6.92 Å². The first-order chi connectivity index (χ1) is 7.16. The molecule has 0 spiro atoms. The Balaban J connectivity index is 2.46. The number of hydrogen-bond donors (Lipinski definition) is 1. The van der Waals surface area contributed by atoms with Gasteiger partial charge in [0.25, 0.3) is 0 Å². The van der Waals surface area contributed by atoms with Crippen molar-refractivity contribution in [1.82, 2.24) is 0 Å². The van der Waals surface area contributed by atoms with Gasteiger partial charge in [-0.25, -0.2) is 4.39 Å². The third kappa shape index (κ3) is 1.62. The van der Waals surface area contributed by atoms with Crippen molar-refractivity contribution in [3.8, 4) is 0 Å². The van der Waals surface area contributed by atoms with Gasteiger partial charge < -0.3 is 5.73 Å². The summed E-state index contributed by atoms with van der Waals surface area (Å²) < 4.78 is 25.5. The maximum absolute atomic E-state index is 13.5. The van der Waals surface area contributed by atoms with Gasteiger partial charge in [-0.2, -0.15) is 0 Å². The standard InChI is InChI=1S/C11H14FNOS/c1-2-4-9-10(13)7-5-3-6-8(12)11(7)15(9)14/h3,5-6,9-10H,2,4,13H2,1H3. The number of rotatable bonds is 2. The lowest BCUT2D eigenvalue weighted by molar-refractivity contribution is 0.589. The normalized spacial score (nSPS) is 29.1. The number of benzene rings is 1. The molecule has 0 aliphatic carbocycles. The highest BCUT2D eigenvalue weighted by molar-refractivity contribution is 7.86. The first-order valence-electron chi connectivity index (χ1n) is 5.11. The van der Waals surface area contributed by atoms with E-state index >= 15 is 0 Å². The maximum atomic E-state index is 13.5. The van der Waals surface area contributed by atoms with E-state index in [2.05, 4.69) is 0 Å². The predicted octanol–water partition coefficient (Wildman–Crippen LogP) is 2.12. The first-order valence-corrected chi connectivity index (χ1v) is 6.32. The lowest BCUT2D eigenvalue weighted by Gasteiger charge is -2.12. The minimum Gasteiger partial charge on any atom is -0.323 e. The van der Waals surface area contributed by atoms with Crippen LogP contribution in [0.25, 0.3) is 0 Å². The van der Waals surface area contributed by atoms with Crippen molar-refractivity contribution in [1.29, 1.82) is 0 Å². The second-order valence-electron chi connectivity index (χ2n) is 3.81. The molecule has 3 atom stereocenters. The fourth-order valence-electron chi connectivity index (χ4n) is 2.06. The third-order valence-electron chi connectivity index (χ3n) is 2.81. The summed E-state index contributed by atoms with van der Waals surface area (Å²) in [7, 11) is -1.28. The molecule has 0 aromatic heterocycles. The highest BCUT2D eigenvalue weighted by atomic mass is 32.2. The molecule has 1 aromatic carbocycles. The molecule has 0 amide bonds. The molecule has 2 rings (SSSR count). The van der Waals surface area contributed by atoms with Gasteiger partial charge in [-0.1, -0.05) is 25.5 Å². The van der Waals surface area contributed by atoms with E-state index < -0.39 is 10.8 Å². The second kappa shape index (κ2) is 4.02. The van der Waals surface area contributed by atoms with Crippen molar-refractivity contribution < 1.29 is 8.60 Å². The van der Waals surface area contributed by atoms with Crippen LogP contribution in [0.1, 0.15) is 31.4 Å². The number of halogens is 1. The maximum Gasteiger partial charge on any atom is 0.139 e. The summed E-state index contributed by atoms with van der Waals surface area (Å²) in [5, 5.41) is -0.123. The van der Waals surface area contributed by atoms with Crippen LogP contribution in [0.3, 0.4) is 0 Å². The molecule has 4 heteroatoms. The van der Waals surface area contributed by atoms with Crippen LogP contribution in [0.15, 0.2) is 23.1 Å². The minimum absolute atomic E-state index is 0.123. The molecule has 2 N–H and O–H groups in total. The molecule has 1 heterocycles. The molecule has 1 aliphatic heterocycles. The van der Waals surface area contributed by atoms with Gasteiger partial charge >= 0.3 is 0 Å². The van der Waals surface area contributed by atoms with E-state index in [1.54, 1.807) is 12.1 Å². The number of hydrogen-bond acceptors (Lipinski definition) is 2. The fraction of sp³-hybridized carbons (Fsp3) is 0.455. The van der Waals surface area contributed by atoms with Crippen LogP contribution in [0.2, 0.25) is 0 Å². The van der Waals surface area contributed by atoms with Gasteiger partial charge in [0.1, 0.15) is 5.82 Å². The average molecular weight is 227 g/mol. The van der Waals surface area contributed by atoms with E-state index in [1.165, 1.54) is 6.07 Å². The van der Waals surface area contributed by atoms with Crippen molar-refractivity contribution in [2.24, 2.45) is 5.73 Å². The quantitative estimate of drug-likeness (QED) is 0.841. The largest absolute Gasteiger partial charge is 0.323 e. The Labute approximate surface area is 91.1 Å². The van der Waals surface area contributed by atoms with Crippen molar-refractivity contribution in [2.75, 3.05) is 0 Å². The molecule has 15 heavy (non-hydrogen) atoms.